The van der Waals surface area contributed by atoms with Crippen LogP contribution in [0.15, 0.2) is 141 Å². The van der Waals surface area contributed by atoms with Crippen molar-refractivity contribution in [1.82, 2.24) is 0 Å². The Balaban J connectivity index is 1.69. The van der Waals surface area contributed by atoms with Gasteiger partial charge in [0.2, 0.25) is 0 Å². The smallest absolute Gasteiger partial charge is 0.120 e. The average Bonchev–Trinajstić information content (AvgIpc) is 2.87. The maximum Gasteiger partial charge on any atom is 0.120 e. The van der Waals surface area contributed by atoms with E-state index < -0.39 is 0 Å². The van der Waals surface area contributed by atoms with E-state index in [1.165, 1.54) is 0 Å². The molecule has 4 heteroatoms. The van der Waals surface area contributed by atoms with Crippen molar-refractivity contribution in [2.75, 3.05) is 0 Å². The highest BCUT2D eigenvalue weighted by atomic mass is 15.0. The summed E-state index contributed by atoms with van der Waals surface area (Å²) in [5.74, 6) is 0. The molecule has 1 fully saturated rings. The summed E-state index contributed by atoms with van der Waals surface area (Å²) >= 11 is 0. The van der Waals surface area contributed by atoms with Gasteiger partial charge in [0.05, 0.1) is 22.7 Å². The molecule has 4 nitrogen and oxygen atoms in total. The molecule has 0 N–H and O–H groups in total. The predicted octanol–water partition coefficient (Wildman–Crippen LogP) is 7.09. The van der Waals surface area contributed by atoms with Crippen molar-refractivity contribution >= 4 is 45.6 Å². The van der Waals surface area contributed by atoms with Crippen LogP contribution in [0.1, 0.15) is 0 Å². The second-order valence-corrected chi connectivity index (χ2v) is 7.18. The van der Waals surface area contributed by atoms with Crippen LogP contribution in [0.3, 0.4) is 0 Å². The molecule has 0 aliphatic heterocycles. The van der Waals surface area contributed by atoms with Gasteiger partial charge in [-0.15, -0.1) is 0 Å². The Morgan fingerprint density at radius 1 is 0.250 bits per heavy atom. The maximum absolute atomic E-state index is 4.89. The van der Waals surface area contributed by atoms with Gasteiger partial charge in [-0.2, -0.15) is 0 Å². The van der Waals surface area contributed by atoms with E-state index in [9.17, 15) is 0 Å². The molecule has 4 aromatic carbocycles. The number of aliphatic imine (C=N–C) groups is 4. The maximum atomic E-state index is 4.89. The predicted molar refractivity (Wildman–Crippen MR) is 134 cm³/mol. The van der Waals surface area contributed by atoms with Gasteiger partial charge in [-0.25, -0.2) is 20.0 Å². The summed E-state index contributed by atoms with van der Waals surface area (Å²) < 4.78 is 0. The molecule has 0 heterocycles. The first-order chi connectivity index (χ1) is 15.9. The monoisotopic (exact) mass is 412 g/mol. The van der Waals surface area contributed by atoms with Gasteiger partial charge in [-0.1, -0.05) is 72.8 Å². The lowest BCUT2D eigenvalue weighted by molar-refractivity contribution is 1.47. The van der Waals surface area contributed by atoms with Gasteiger partial charge in [-0.05, 0) is 48.5 Å². The van der Waals surface area contributed by atoms with E-state index in [0.717, 1.165) is 45.6 Å². The number of hydrogen-bond acceptors (Lipinski definition) is 4. The normalized spacial score (nSPS) is 12.8. The van der Waals surface area contributed by atoms with E-state index in [2.05, 4.69) is 0 Å². The summed E-state index contributed by atoms with van der Waals surface area (Å²) in [6, 6.07) is 39.5. The minimum atomic E-state index is 0.735. The minimum absolute atomic E-state index is 0.735. The van der Waals surface area contributed by atoms with Crippen molar-refractivity contribution in [3.8, 4) is 0 Å². The fourth-order valence-corrected chi connectivity index (χ4v) is 3.34. The van der Waals surface area contributed by atoms with Crippen molar-refractivity contribution in [2.24, 2.45) is 20.0 Å². The number of nitrogens with zero attached hydrogens (tertiary/aromatic N) is 4. The summed E-state index contributed by atoms with van der Waals surface area (Å²) in [5, 5.41) is 0. The molecular formula is C28H20N4. The van der Waals surface area contributed by atoms with Crippen molar-refractivity contribution in [3.63, 3.8) is 0 Å². The molecule has 0 saturated heterocycles. The third kappa shape index (κ3) is 4.35. The fourth-order valence-electron chi connectivity index (χ4n) is 3.34. The number of para-hydroxylation sites is 4. The van der Waals surface area contributed by atoms with Gasteiger partial charge in [0, 0.05) is 0 Å². The number of rotatable bonds is 4. The molecule has 152 valence electrons. The Morgan fingerprint density at radius 3 is 0.625 bits per heavy atom. The van der Waals surface area contributed by atoms with E-state index in [0.29, 0.717) is 0 Å². The zero-order valence-electron chi connectivity index (χ0n) is 17.3. The summed E-state index contributed by atoms with van der Waals surface area (Å²) in [7, 11) is 0. The van der Waals surface area contributed by atoms with Crippen LogP contribution >= 0.6 is 0 Å². The highest BCUT2D eigenvalue weighted by Gasteiger charge is 2.38. The van der Waals surface area contributed by atoms with Gasteiger partial charge < -0.3 is 0 Å². The van der Waals surface area contributed by atoms with Crippen LogP contribution in [0.5, 0.6) is 0 Å². The van der Waals surface area contributed by atoms with Gasteiger partial charge >= 0.3 is 0 Å². The van der Waals surface area contributed by atoms with Gasteiger partial charge in [0.1, 0.15) is 22.8 Å². The molecular weight excluding hydrogens is 392 g/mol. The second-order valence-electron chi connectivity index (χ2n) is 7.18. The quantitative estimate of drug-likeness (QED) is 0.343. The SMILES string of the molecule is c1ccc(N=C2C(=Nc3ccccc3)C(=Nc3ccccc3)C2=Nc2ccccc2)cc1. The Hall–Kier alpha value is -4.44. The van der Waals surface area contributed by atoms with E-state index in [1.54, 1.807) is 0 Å². The Labute approximate surface area is 187 Å². The summed E-state index contributed by atoms with van der Waals surface area (Å²) in [6.07, 6.45) is 0. The highest BCUT2D eigenvalue weighted by Crippen LogP contribution is 2.25. The molecule has 0 spiro atoms. The first-order valence-corrected chi connectivity index (χ1v) is 10.4. The molecule has 0 atom stereocenters. The molecule has 0 unspecified atom stereocenters. The van der Waals surface area contributed by atoms with E-state index >= 15 is 0 Å². The van der Waals surface area contributed by atoms with Crippen LogP contribution in [0.4, 0.5) is 22.7 Å². The molecule has 0 bridgehead atoms. The summed E-state index contributed by atoms with van der Waals surface area (Å²) in [4.78, 5) is 19.5. The largest absolute Gasteiger partial charge is 0.244 e. The number of benzene rings is 4. The minimum Gasteiger partial charge on any atom is -0.244 e. The summed E-state index contributed by atoms with van der Waals surface area (Å²) in [6.45, 7) is 0. The molecule has 1 aliphatic rings. The van der Waals surface area contributed by atoms with Gasteiger partial charge in [0.25, 0.3) is 0 Å². The first kappa shape index (κ1) is 19.5. The second kappa shape index (κ2) is 9.14. The van der Waals surface area contributed by atoms with Crippen molar-refractivity contribution in [1.29, 1.82) is 0 Å². The van der Waals surface area contributed by atoms with Crippen molar-refractivity contribution in [3.05, 3.63) is 121 Å². The van der Waals surface area contributed by atoms with Gasteiger partial charge in [-0.3, -0.25) is 0 Å². The Kier molecular flexibility index (Phi) is 5.58. The molecule has 0 amide bonds. The van der Waals surface area contributed by atoms with Crippen molar-refractivity contribution < 1.29 is 0 Å². The Bertz CT molecular complexity index is 1090. The standard InChI is InChI=1S/C28H20N4/c1-5-13-21(14-6-1)29-25-26(30-22-15-7-2-8-16-22)28(32-24-19-11-4-12-20-24)27(25)31-23-17-9-3-10-18-23/h1-20H. The molecule has 32 heavy (non-hydrogen) atoms. The molecule has 1 aliphatic carbocycles. The first-order valence-electron chi connectivity index (χ1n) is 10.4. The highest BCUT2D eigenvalue weighted by molar-refractivity contribution is 7.13. The van der Waals surface area contributed by atoms with Crippen LogP contribution < -0.4 is 0 Å². The third-order valence-corrected chi connectivity index (χ3v) is 4.89. The van der Waals surface area contributed by atoms with E-state index in [1.807, 2.05) is 121 Å². The van der Waals surface area contributed by atoms with Crippen LogP contribution in [0.25, 0.3) is 0 Å². The molecule has 5 rings (SSSR count). The van der Waals surface area contributed by atoms with Gasteiger partial charge in [0.15, 0.2) is 0 Å². The third-order valence-electron chi connectivity index (χ3n) is 4.89. The zero-order chi connectivity index (χ0) is 21.6. The van der Waals surface area contributed by atoms with E-state index in [-0.39, 0.29) is 0 Å². The lowest BCUT2D eigenvalue weighted by atomic mass is 9.87. The van der Waals surface area contributed by atoms with Crippen LogP contribution in [0, 0.1) is 0 Å². The lowest BCUT2D eigenvalue weighted by Gasteiger charge is -2.25. The molecule has 0 aromatic heterocycles. The molecule has 0 radical (unpaired) electrons. The summed E-state index contributed by atoms with van der Waals surface area (Å²) in [5.41, 5.74) is 6.34. The molecule has 4 aromatic rings. The lowest BCUT2D eigenvalue weighted by Crippen LogP contribution is -2.50. The number of hydrogen-bond donors (Lipinski definition) is 0. The van der Waals surface area contributed by atoms with Crippen LogP contribution in [-0.4, -0.2) is 22.8 Å². The fraction of sp³-hybridized carbons (Fsp3) is 0. The molecule has 1 saturated carbocycles. The van der Waals surface area contributed by atoms with Crippen LogP contribution in [-0.2, 0) is 0 Å². The van der Waals surface area contributed by atoms with E-state index in [4.69, 9.17) is 20.0 Å². The topological polar surface area (TPSA) is 49.4 Å². The average molecular weight is 412 g/mol. The van der Waals surface area contributed by atoms with Crippen LogP contribution in [0.2, 0.25) is 0 Å². The zero-order valence-corrected chi connectivity index (χ0v) is 17.3. The van der Waals surface area contributed by atoms with Crippen molar-refractivity contribution in [2.45, 2.75) is 0 Å². The Morgan fingerprint density at radius 2 is 0.438 bits per heavy atom.